The molecule has 0 radical (unpaired) electrons. The van der Waals surface area contributed by atoms with Gasteiger partial charge in [-0.05, 0) is 42.5 Å². The molecule has 0 amide bonds. The lowest BCUT2D eigenvalue weighted by molar-refractivity contribution is 0.669. The summed E-state index contributed by atoms with van der Waals surface area (Å²) < 4.78 is 8.96. The van der Waals surface area contributed by atoms with Crippen LogP contribution in [0.2, 0.25) is 0 Å². The molecule has 0 saturated carbocycles. The highest BCUT2D eigenvalue weighted by atomic mass is 79.9. The molecular formula is C27H15BrN4O. The Hall–Kier alpha value is -4.03. The third-order valence-electron chi connectivity index (χ3n) is 5.93. The van der Waals surface area contributed by atoms with E-state index in [-0.39, 0.29) is 0 Å². The number of furan rings is 1. The van der Waals surface area contributed by atoms with Crippen LogP contribution in [0.1, 0.15) is 0 Å². The normalized spacial score (nSPS) is 11.8. The average Bonchev–Trinajstić information content (AvgIpc) is 3.45. The van der Waals surface area contributed by atoms with E-state index in [0.717, 1.165) is 54.3 Å². The van der Waals surface area contributed by atoms with Crippen molar-refractivity contribution in [3.05, 3.63) is 95.5 Å². The van der Waals surface area contributed by atoms with Crippen molar-refractivity contribution in [3.8, 4) is 22.6 Å². The number of rotatable bonds is 2. The Balaban J connectivity index is 1.53. The first-order valence-corrected chi connectivity index (χ1v) is 11.4. The summed E-state index contributed by atoms with van der Waals surface area (Å²) in [6, 6.07) is 30.2. The van der Waals surface area contributed by atoms with Gasteiger partial charge in [0, 0.05) is 26.4 Å². The second-order valence-electron chi connectivity index (χ2n) is 7.91. The van der Waals surface area contributed by atoms with Gasteiger partial charge in [-0.3, -0.25) is 0 Å². The van der Waals surface area contributed by atoms with Crippen LogP contribution in [0.15, 0.2) is 99.9 Å². The molecule has 3 heterocycles. The molecule has 7 rings (SSSR count). The molecule has 0 atom stereocenters. The molecule has 5 nitrogen and oxygen atoms in total. The van der Waals surface area contributed by atoms with Crippen molar-refractivity contribution < 1.29 is 4.42 Å². The molecule has 3 aromatic heterocycles. The molecule has 0 aliphatic heterocycles. The second-order valence-corrected chi connectivity index (χ2v) is 8.76. The summed E-state index contributed by atoms with van der Waals surface area (Å²) >= 11 is 3.63. The maximum Gasteiger partial charge on any atom is 0.183 e. The second kappa shape index (κ2) is 6.98. The summed E-state index contributed by atoms with van der Waals surface area (Å²) in [5, 5.41) is 7.06. The molecule has 0 saturated heterocycles. The zero-order valence-electron chi connectivity index (χ0n) is 17.2. The summed E-state index contributed by atoms with van der Waals surface area (Å²) in [5.74, 6) is 0.645. The first-order chi connectivity index (χ1) is 16.3. The van der Waals surface area contributed by atoms with E-state index in [1.54, 1.807) is 0 Å². The highest BCUT2D eigenvalue weighted by molar-refractivity contribution is 9.10. The molecule has 4 aromatic carbocycles. The van der Waals surface area contributed by atoms with Crippen LogP contribution in [0.4, 0.5) is 0 Å². The quantitative estimate of drug-likeness (QED) is 0.255. The van der Waals surface area contributed by atoms with Crippen LogP contribution < -0.4 is 0 Å². The number of fused-ring (bicyclic) bond motifs is 6. The highest BCUT2D eigenvalue weighted by Crippen LogP contribution is 2.34. The van der Waals surface area contributed by atoms with Gasteiger partial charge in [0.25, 0.3) is 0 Å². The molecule has 7 aromatic rings. The van der Waals surface area contributed by atoms with Gasteiger partial charge >= 0.3 is 0 Å². The van der Waals surface area contributed by atoms with E-state index in [4.69, 9.17) is 19.5 Å². The molecule has 0 bridgehead atoms. The zero-order valence-corrected chi connectivity index (χ0v) is 18.8. The fraction of sp³-hybridized carbons (Fsp3) is 0. The average molecular weight is 491 g/mol. The molecule has 0 N–H and O–H groups in total. The van der Waals surface area contributed by atoms with Gasteiger partial charge in [-0.15, -0.1) is 5.10 Å². The third-order valence-corrected chi connectivity index (χ3v) is 6.62. The minimum atomic E-state index is 0.645. The maximum atomic E-state index is 6.13. The van der Waals surface area contributed by atoms with E-state index in [9.17, 15) is 0 Å². The van der Waals surface area contributed by atoms with Crippen molar-refractivity contribution in [1.29, 1.82) is 0 Å². The molecule has 156 valence electrons. The Bertz CT molecular complexity index is 1850. The molecule has 33 heavy (non-hydrogen) atoms. The fourth-order valence-corrected chi connectivity index (χ4v) is 4.83. The maximum absolute atomic E-state index is 6.13. The van der Waals surface area contributed by atoms with Gasteiger partial charge in [-0.2, -0.15) is 0 Å². The van der Waals surface area contributed by atoms with Gasteiger partial charge in [-0.25, -0.2) is 14.5 Å². The number of hydrogen-bond donors (Lipinski definition) is 0. The van der Waals surface area contributed by atoms with Gasteiger partial charge in [0.05, 0.1) is 11.0 Å². The topological polar surface area (TPSA) is 56.2 Å². The minimum absolute atomic E-state index is 0.645. The first kappa shape index (κ1) is 18.5. The number of benzene rings is 4. The van der Waals surface area contributed by atoms with Crippen molar-refractivity contribution in [2.45, 2.75) is 0 Å². The monoisotopic (exact) mass is 490 g/mol. The van der Waals surface area contributed by atoms with Gasteiger partial charge in [0.15, 0.2) is 11.5 Å². The van der Waals surface area contributed by atoms with E-state index in [2.05, 4.69) is 34.1 Å². The standard InChI is InChI=1S/C27H15BrN4O/c28-20-9-3-1-8-19(20)26-30-27-25(29-21-10-4-5-11-22(21)32(27)31-26)16-13-14-18-17-7-2-6-12-23(17)33-24(18)15-16/h1-15H. The molecular weight excluding hydrogens is 476 g/mol. The largest absolute Gasteiger partial charge is 0.456 e. The van der Waals surface area contributed by atoms with Gasteiger partial charge < -0.3 is 4.42 Å². The van der Waals surface area contributed by atoms with Crippen LogP contribution >= 0.6 is 15.9 Å². The predicted octanol–water partition coefficient (Wildman–Crippen LogP) is 7.27. The van der Waals surface area contributed by atoms with E-state index in [1.165, 1.54) is 0 Å². The Morgan fingerprint density at radius 3 is 2.45 bits per heavy atom. The lowest BCUT2D eigenvalue weighted by Crippen LogP contribution is -1.97. The summed E-state index contributed by atoms with van der Waals surface area (Å²) in [7, 11) is 0. The third kappa shape index (κ3) is 2.81. The van der Waals surface area contributed by atoms with Crippen LogP contribution in [0.3, 0.4) is 0 Å². The summed E-state index contributed by atoms with van der Waals surface area (Å²) in [6.45, 7) is 0. The molecule has 6 heteroatoms. The van der Waals surface area contributed by atoms with Gasteiger partial charge in [0.2, 0.25) is 0 Å². The smallest absolute Gasteiger partial charge is 0.183 e. The molecule has 0 spiro atoms. The van der Waals surface area contributed by atoms with Crippen molar-refractivity contribution in [2.75, 3.05) is 0 Å². The Morgan fingerprint density at radius 2 is 1.52 bits per heavy atom. The molecule has 0 unspecified atom stereocenters. The number of aromatic nitrogens is 4. The van der Waals surface area contributed by atoms with Crippen LogP contribution in [0.25, 0.3) is 61.3 Å². The number of halogens is 1. The van der Waals surface area contributed by atoms with E-state index < -0.39 is 0 Å². The van der Waals surface area contributed by atoms with Crippen molar-refractivity contribution in [1.82, 2.24) is 19.6 Å². The van der Waals surface area contributed by atoms with Crippen LogP contribution in [0.5, 0.6) is 0 Å². The van der Waals surface area contributed by atoms with Gasteiger partial charge in [-0.1, -0.05) is 64.5 Å². The predicted molar refractivity (Wildman–Crippen MR) is 134 cm³/mol. The number of hydrogen-bond acceptors (Lipinski definition) is 4. The van der Waals surface area contributed by atoms with Gasteiger partial charge in [0.1, 0.15) is 16.9 Å². The Labute approximate surface area is 196 Å². The number of para-hydroxylation sites is 3. The fourth-order valence-electron chi connectivity index (χ4n) is 4.37. The van der Waals surface area contributed by atoms with E-state index in [1.807, 2.05) is 77.3 Å². The number of nitrogens with zero attached hydrogens (tertiary/aromatic N) is 4. The van der Waals surface area contributed by atoms with Crippen molar-refractivity contribution in [2.24, 2.45) is 0 Å². The minimum Gasteiger partial charge on any atom is -0.456 e. The Morgan fingerprint density at radius 1 is 0.727 bits per heavy atom. The lowest BCUT2D eigenvalue weighted by Gasteiger charge is -2.06. The van der Waals surface area contributed by atoms with Crippen molar-refractivity contribution in [3.63, 3.8) is 0 Å². The van der Waals surface area contributed by atoms with E-state index in [0.29, 0.717) is 11.5 Å². The lowest BCUT2D eigenvalue weighted by atomic mass is 10.1. The zero-order chi connectivity index (χ0) is 21.9. The van der Waals surface area contributed by atoms with Crippen LogP contribution in [-0.2, 0) is 0 Å². The first-order valence-electron chi connectivity index (χ1n) is 10.6. The van der Waals surface area contributed by atoms with Crippen LogP contribution in [-0.4, -0.2) is 19.6 Å². The SMILES string of the molecule is Brc1ccccc1-c1nc2c(-c3ccc4c(c3)oc3ccccc34)nc3ccccc3n2n1. The molecule has 0 aliphatic carbocycles. The van der Waals surface area contributed by atoms with Crippen LogP contribution in [0, 0.1) is 0 Å². The summed E-state index contributed by atoms with van der Waals surface area (Å²) in [4.78, 5) is 9.91. The summed E-state index contributed by atoms with van der Waals surface area (Å²) in [5.41, 5.74) is 6.80. The van der Waals surface area contributed by atoms with Crippen molar-refractivity contribution >= 4 is 54.5 Å². The molecule has 0 fully saturated rings. The highest BCUT2D eigenvalue weighted by Gasteiger charge is 2.18. The summed E-state index contributed by atoms with van der Waals surface area (Å²) in [6.07, 6.45) is 0. The molecule has 0 aliphatic rings. The Kier molecular flexibility index (Phi) is 3.92. The van der Waals surface area contributed by atoms with E-state index >= 15 is 0 Å².